The van der Waals surface area contributed by atoms with Gasteiger partial charge in [-0.15, -0.1) is 11.8 Å². The summed E-state index contributed by atoms with van der Waals surface area (Å²) >= 11 is 1.71. The third-order valence-electron chi connectivity index (χ3n) is 5.29. The summed E-state index contributed by atoms with van der Waals surface area (Å²) < 4.78 is 27.2. The molecular weight excluding hydrogens is 382 g/mol. The van der Waals surface area contributed by atoms with Crippen LogP contribution in [0.5, 0.6) is 0 Å². The lowest BCUT2D eigenvalue weighted by Gasteiger charge is -2.31. The zero-order chi connectivity index (χ0) is 19.4. The Morgan fingerprint density at radius 1 is 1.26 bits per heavy atom. The summed E-state index contributed by atoms with van der Waals surface area (Å²) in [6.07, 6.45) is 4.48. The SMILES string of the molecule is CCN(CC)S(=O)(=O)c1ccc2c(c1)N(CC(=O)NC1CCCC1)CCS2. The average molecular weight is 412 g/mol. The molecule has 0 bridgehead atoms. The lowest BCUT2D eigenvalue weighted by atomic mass is 10.2. The molecule has 1 saturated carbocycles. The van der Waals surface area contributed by atoms with Crippen LogP contribution in [0.3, 0.4) is 0 Å². The van der Waals surface area contributed by atoms with Crippen molar-refractivity contribution in [2.45, 2.75) is 55.4 Å². The van der Waals surface area contributed by atoms with Crippen molar-refractivity contribution in [1.82, 2.24) is 9.62 Å². The Bertz CT molecular complexity index is 772. The third-order valence-corrected chi connectivity index (χ3v) is 8.38. The standard InChI is InChI=1S/C19H29N3O3S2/c1-3-22(4-2)27(24,25)16-9-10-18-17(13-16)21(11-12-26-18)14-19(23)20-15-7-5-6-8-15/h9-10,13,15H,3-8,11-12,14H2,1-2H3,(H,20,23). The highest BCUT2D eigenvalue weighted by atomic mass is 32.2. The van der Waals surface area contributed by atoms with Crippen LogP contribution in [0.1, 0.15) is 39.5 Å². The van der Waals surface area contributed by atoms with Crippen molar-refractivity contribution in [1.29, 1.82) is 0 Å². The first kappa shape index (κ1) is 20.5. The molecule has 150 valence electrons. The van der Waals surface area contributed by atoms with Gasteiger partial charge in [-0.3, -0.25) is 4.79 Å². The number of thioether (sulfide) groups is 1. The molecule has 0 saturated heterocycles. The Labute approximate surface area is 166 Å². The summed E-state index contributed by atoms with van der Waals surface area (Å²) in [5, 5.41) is 3.12. The molecule has 1 aliphatic carbocycles. The van der Waals surface area contributed by atoms with Crippen LogP contribution < -0.4 is 10.2 Å². The zero-order valence-corrected chi connectivity index (χ0v) is 17.7. The van der Waals surface area contributed by atoms with Crippen molar-refractivity contribution < 1.29 is 13.2 Å². The van der Waals surface area contributed by atoms with Crippen molar-refractivity contribution in [3.05, 3.63) is 18.2 Å². The normalized spacial score (nSPS) is 18.0. The molecule has 1 amide bonds. The monoisotopic (exact) mass is 411 g/mol. The van der Waals surface area contributed by atoms with E-state index in [1.54, 1.807) is 23.9 Å². The number of rotatable bonds is 7. The van der Waals surface area contributed by atoms with Gasteiger partial charge in [0.05, 0.1) is 17.1 Å². The molecule has 6 nitrogen and oxygen atoms in total. The minimum Gasteiger partial charge on any atom is -0.360 e. The van der Waals surface area contributed by atoms with Crippen molar-refractivity contribution in [3.63, 3.8) is 0 Å². The highest BCUT2D eigenvalue weighted by Crippen LogP contribution is 2.36. The zero-order valence-electron chi connectivity index (χ0n) is 16.1. The number of carbonyl (C=O) groups excluding carboxylic acids is 1. The first-order chi connectivity index (χ1) is 13.0. The quantitative estimate of drug-likeness (QED) is 0.747. The van der Waals surface area contributed by atoms with Crippen LogP contribution >= 0.6 is 11.8 Å². The summed E-state index contributed by atoms with van der Waals surface area (Å²) in [7, 11) is -3.51. The summed E-state index contributed by atoms with van der Waals surface area (Å²) in [6, 6.07) is 5.59. The minimum atomic E-state index is -3.51. The van der Waals surface area contributed by atoms with E-state index < -0.39 is 10.0 Å². The van der Waals surface area contributed by atoms with E-state index >= 15 is 0 Å². The van der Waals surface area contributed by atoms with Gasteiger partial charge in [0.2, 0.25) is 15.9 Å². The van der Waals surface area contributed by atoms with Crippen LogP contribution in [0.25, 0.3) is 0 Å². The Morgan fingerprint density at radius 3 is 2.63 bits per heavy atom. The highest BCUT2D eigenvalue weighted by molar-refractivity contribution is 7.99. The van der Waals surface area contributed by atoms with E-state index in [0.717, 1.165) is 35.7 Å². The van der Waals surface area contributed by atoms with Crippen molar-refractivity contribution in [3.8, 4) is 0 Å². The van der Waals surface area contributed by atoms with Gasteiger partial charge in [-0.2, -0.15) is 4.31 Å². The molecule has 1 aromatic carbocycles. The molecule has 0 aromatic heterocycles. The summed E-state index contributed by atoms with van der Waals surface area (Å²) in [5.41, 5.74) is 0.848. The van der Waals surface area contributed by atoms with Gasteiger partial charge in [-0.1, -0.05) is 26.7 Å². The lowest BCUT2D eigenvalue weighted by Crippen LogP contribution is -2.43. The molecule has 1 N–H and O–H groups in total. The number of sulfonamides is 1. The van der Waals surface area contributed by atoms with Crippen LogP contribution in [0.4, 0.5) is 5.69 Å². The van der Waals surface area contributed by atoms with Gasteiger partial charge >= 0.3 is 0 Å². The number of nitrogens with one attached hydrogen (secondary N) is 1. The van der Waals surface area contributed by atoms with Crippen LogP contribution in [0.2, 0.25) is 0 Å². The molecule has 0 unspecified atom stereocenters. The van der Waals surface area contributed by atoms with Crippen LogP contribution in [0.15, 0.2) is 28.0 Å². The molecule has 1 aromatic rings. The van der Waals surface area contributed by atoms with E-state index in [9.17, 15) is 13.2 Å². The topological polar surface area (TPSA) is 69.7 Å². The number of fused-ring (bicyclic) bond motifs is 1. The van der Waals surface area contributed by atoms with E-state index in [0.29, 0.717) is 24.0 Å². The van der Waals surface area contributed by atoms with Gasteiger partial charge in [-0.25, -0.2) is 8.42 Å². The Morgan fingerprint density at radius 2 is 1.96 bits per heavy atom. The van der Waals surface area contributed by atoms with Gasteiger partial charge in [-0.05, 0) is 31.0 Å². The fourth-order valence-corrected chi connectivity index (χ4v) is 6.32. The molecule has 1 fully saturated rings. The van der Waals surface area contributed by atoms with Gasteiger partial charge in [0, 0.05) is 36.3 Å². The molecule has 1 aliphatic heterocycles. The molecule has 3 rings (SSSR count). The van der Waals surface area contributed by atoms with Gasteiger partial charge < -0.3 is 10.2 Å². The number of benzene rings is 1. The minimum absolute atomic E-state index is 0.0248. The van der Waals surface area contributed by atoms with Crippen LogP contribution in [-0.2, 0) is 14.8 Å². The molecule has 0 atom stereocenters. The van der Waals surface area contributed by atoms with Crippen LogP contribution in [-0.4, -0.2) is 56.6 Å². The number of carbonyl (C=O) groups is 1. The predicted molar refractivity (Wildman–Crippen MR) is 110 cm³/mol. The second-order valence-corrected chi connectivity index (χ2v) is 10.1. The first-order valence-corrected chi connectivity index (χ1v) is 12.2. The number of hydrogen-bond acceptors (Lipinski definition) is 5. The fraction of sp³-hybridized carbons (Fsp3) is 0.632. The lowest BCUT2D eigenvalue weighted by molar-refractivity contribution is -0.120. The number of anilines is 1. The highest BCUT2D eigenvalue weighted by Gasteiger charge is 2.27. The van der Waals surface area contributed by atoms with Crippen molar-refractivity contribution in [2.24, 2.45) is 0 Å². The van der Waals surface area contributed by atoms with E-state index in [-0.39, 0.29) is 12.5 Å². The third kappa shape index (κ3) is 4.60. The maximum Gasteiger partial charge on any atom is 0.243 e. The Balaban J connectivity index is 1.80. The molecule has 27 heavy (non-hydrogen) atoms. The fourth-order valence-electron chi connectivity index (χ4n) is 3.81. The number of amides is 1. The molecule has 8 heteroatoms. The first-order valence-electron chi connectivity index (χ1n) is 9.77. The second-order valence-electron chi connectivity index (χ2n) is 7.04. The summed E-state index contributed by atoms with van der Waals surface area (Å²) in [5.74, 6) is 0.919. The second kappa shape index (κ2) is 8.84. The molecular formula is C19H29N3O3S2. The predicted octanol–water partition coefficient (Wildman–Crippen LogP) is 2.69. The molecule has 1 heterocycles. The average Bonchev–Trinajstić information content (AvgIpc) is 3.15. The van der Waals surface area contributed by atoms with Gasteiger partial charge in [0.1, 0.15) is 0 Å². The van der Waals surface area contributed by atoms with Crippen LogP contribution in [0, 0.1) is 0 Å². The van der Waals surface area contributed by atoms with Gasteiger partial charge in [0.25, 0.3) is 0 Å². The van der Waals surface area contributed by atoms with E-state index in [1.165, 1.54) is 17.1 Å². The number of nitrogens with zero attached hydrogens (tertiary/aromatic N) is 2. The largest absolute Gasteiger partial charge is 0.360 e. The summed E-state index contributed by atoms with van der Waals surface area (Å²) in [6.45, 7) is 5.59. The number of hydrogen-bond donors (Lipinski definition) is 1. The smallest absolute Gasteiger partial charge is 0.243 e. The van der Waals surface area contributed by atoms with E-state index in [2.05, 4.69) is 5.32 Å². The van der Waals surface area contributed by atoms with Crippen molar-refractivity contribution in [2.75, 3.05) is 36.8 Å². The Hall–Kier alpha value is -1.25. The maximum absolute atomic E-state index is 12.9. The molecule has 0 radical (unpaired) electrons. The molecule has 2 aliphatic rings. The maximum atomic E-state index is 12.9. The molecule has 0 spiro atoms. The van der Waals surface area contributed by atoms with E-state index in [1.807, 2.05) is 24.8 Å². The Kier molecular flexibility index (Phi) is 6.70. The van der Waals surface area contributed by atoms with Gasteiger partial charge in [0.15, 0.2) is 0 Å². The summed E-state index contributed by atoms with van der Waals surface area (Å²) in [4.78, 5) is 15.8. The van der Waals surface area contributed by atoms with E-state index in [4.69, 9.17) is 0 Å². The van der Waals surface area contributed by atoms with Crippen molar-refractivity contribution >= 4 is 33.4 Å².